The number of hydrogen-bond acceptors (Lipinski definition) is 5. The molecule has 4 N–H and O–H groups in total. The SMILES string of the molecule is Nc1c2c(cc(=O)n1-c1ccccc1C(=O)NC1CCCCC1)C(=O)NC2=O. The monoisotopic (exact) mass is 380 g/mol. The van der Waals surface area contributed by atoms with Crippen molar-refractivity contribution in [1.82, 2.24) is 15.2 Å². The van der Waals surface area contributed by atoms with Crippen LogP contribution in [0.1, 0.15) is 63.2 Å². The number of nitrogens with one attached hydrogen (secondary N) is 2. The molecule has 144 valence electrons. The van der Waals surface area contributed by atoms with Gasteiger partial charge in [0.2, 0.25) is 0 Å². The minimum atomic E-state index is -0.657. The predicted octanol–water partition coefficient (Wildman–Crippen LogP) is 1.37. The molecule has 2 heterocycles. The summed E-state index contributed by atoms with van der Waals surface area (Å²) >= 11 is 0. The van der Waals surface area contributed by atoms with Crippen LogP contribution in [0.5, 0.6) is 0 Å². The lowest BCUT2D eigenvalue weighted by Gasteiger charge is -2.23. The van der Waals surface area contributed by atoms with Crippen LogP contribution >= 0.6 is 0 Å². The van der Waals surface area contributed by atoms with Gasteiger partial charge in [-0.3, -0.25) is 29.1 Å². The molecule has 0 atom stereocenters. The molecular weight excluding hydrogens is 360 g/mol. The molecule has 2 aromatic rings. The number of para-hydroxylation sites is 1. The van der Waals surface area contributed by atoms with Gasteiger partial charge in [0.25, 0.3) is 23.3 Å². The molecule has 1 aliphatic heterocycles. The van der Waals surface area contributed by atoms with E-state index in [-0.39, 0.29) is 40.1 Å². The number of pyridine rings is 1. The Labute approximate surface area is 160 Å². The number of amides is 3. The maximum absolute atomic E-state index is 12.9. The summed E-state index contributed by atoms with van der Waals surface area (Å²) in [7, 11) is 0. The van der Waals surface area contributed by atoms with Gasteiger partial charge in [-0.15, -0.1) is 0 Å². The molecule has 0 radical (unpaired) electrons. The van der Waals surface area contributed by atoms with E-state index in [2.05, 4.69) is 10.6 Å². The number of benzene rings is 1. The topological polar surface area (TPSA) is 123 Å². The van der Waals surface area contributed by atoms with E-state index in [1.54, 1.807) is 24.3 Å². The van der Waals surface area contributed by atoms with Gasteiger partial charge in [0, 0.05) is 12.1 Å². The van der Waals surface area contributed by atoms with Gasteiger partial charge in [0.1, 0.15) is 5.82 Å². The molecule has 1 aromatic carbocycles. The number of nitrogens with two attached hydrogens (primary N) is 1. The summed E-state index contributed by atoms with van der Waals surface area (Å²) in [6, 6.07) is 7.75. The molecule has 3 amide bonds. The maximum Gasteiger partial charge on any atom is 0.262 e. The highest BCUT2D eigenvalue weighted by Crippen LogP contribution is 2.25. The van der Waals surface area contributed by atoms with E-state index < -0.39 is 17.4 Å². The van der Waals surface area contributed by atoms with E-state index in [0.717, 1.165) is 36.3 Å². The molecule has 1 aliphatic carbocycles. The second kappa shape index (κ2) is 6.95. The van der Waals surface area contributed by atoms with Gasteiger partial charge in [-0.2, -0.15) is 0 Å². The molecule has 0 spiro atoms. The fourth-order valence-electron chi connectivity index (χ4n) is 3.90. The molecular formula is C20H20N4O4. The van der Waals surface area contributed by atoms with Gasteiger partial charge in [-0.05, 0) is 25.0 Å². The van der Waals surface area contributed by atoms with Crippen molar-refractivity contribution in [1.29, 1.82) is 0 Å². The summed E-state index contributed by atoms with van der Waals surface area (Å²) in [5, 5.41) is 5.16. The number of nitrogens with zero attached hydrogens (tertiary/aromatic N) is 1. The van der Waals surface area contributed by atoms with Crippen LogP contribution in [0.4, 0.5) is 5.82 Å². The van der Waals surface area contributed by atoms with Crippen LogP contribution in [0, 0.1) is 0 Å². The zero-order chi connectivity index (χ0) is 19.8. The highest BCUT2D eigenvalue weighted by molar-refractivity contribution is 6.23. The van der Waals surface area contributed by atoms with Crippen LogP contribution in [0.3, 0.4) is 0 Å². The van der Waals surface area contributed by atoms with Crippen molar-refractivity contribution in [2.75, 3.05) is 5.73 Å². The van der Waals surface area contributed by atoms with Crippen molar-refractivity contribution in [2.24, 2.45) is 0 Å². The minimum absolute atomic E-state index is 0.0483. The third kappa shape index (κ3) is 2.96. The van der Waals surface area contributed by atoms with Crippen LogP contribution in [0.15, 0.2) is 35.1 Å². The van der Waals surface area contributed by atoms with Crippen molar-refractivity contribution < 1.29 is 14.4 Å². The van der Waals surface area contributed by atoms with Crippen LogP contribution in [-0.2, 0) is 0 Å². The van der Waals surface area contributed by atoms with E-state index in [0.29, 0.717) is 0 Å². The Morgan fingerprint density at radius 1 is 1.07 bits per heavy atom. The summed E-state index contributed by atoms with van der Waals surface area (Å²) < 4.78 is 1.10. The summed E-state index contributed by atoms with van der Waals surface area (Å²) in [4.78, 5) is 49.4. The van der Waals surface area contributed by atoms with E-state index in [1.165, 1.54) is 6.42 Å². The minimum Gasteiger partial charge on any atom is -0.384 e. The number of rotatable bonds is 3. The highest BCUT2D eigenvalue weighted by Gasteiger charge is 2.32. The molecule has 4 rings (SSSR count). The lowest BCUT2D eigenvalue weighted by molar-refractivity contribution is 0.0877. The van der Waals surface area contributed by atoms with Crippen molar-refractivity contribution in [3.8, 4) is 5.69 Å². The number of fused-ring (bicyclic) bond motifs is 1. The first-order chi connectivity index (χ1) is 13.5. The van der Waals surface area contributed by atoms with E-state index >= 15 is 0 Å². The molecule has 2 aliphatic rings. The number of carbonyl (C=O) groups is 3. The number of aromatic nitrogens is 1. The van der Waals surface area contributed by atoms with Crippen molar-refractivity contribution in [3.05, 3.63) is 57.4 Å². The average molecular weight is 380 g/mol. The Morgan fingerprint density at radius 3 is 2.54 bits per heavy atom. The average Bonchev–Trinajstić information content (AvgIpc) is 2.96. The molecule has 0 saturated heterocycles. The first-order valence-corrected chi connectivity index (χ1v) is 9.29. The molecule has 0 unspecified atom stereocenters. The molecule has 0 bridgehead atoms. The van der Waals surface area contributed by atoms with Crippen molar-refractivity contribution in [2.45, 2.75) is 38.1 Å². The van der Waals surface area contributed by atoms with E-state index in [9.17, 15) is 19.2 Å². The quantitative estimate of drug-likeness (QED) is 0.694. The van der Waals surface area contributed by atoms with Crippen LogP contribution < -0.4 is 21.9 Å². The van der Waals surface area contributed by atoms with Gasteiger partial charge < -0.3 is 11.1 Å². The zero-order valence-corrected chi connectivity index (χ0v) is 15.2. The van der Waals surface area contributed by atoms with Gasteiger partial charge in [0.05, 0.1) is 22.4 Å². The molecule has 1 saturated carbocycles. The fraction of sp³-hybridized carbons (Fsp3) is 0.300. The summed E-state index contributed by atoms with van der Waals surface area (Å²) in [6.07, 6.45) is 5.18. The molecule has 1 fully saturated rings. The first-order valence-electron chi connectivity index (χ1n) is 9.29. The Hall–Kier alpha value is -3.42. The molecule has 8 heteroatoms. The van der Waals surface area contributed by atoms with Gasteiger partial charge in [-0.25, -0.2) is 0 Å². The lowest BCUT2D eigenvalue weighted by Crippen LogP contribution is -2.37. The summed E-state index contributed by atoms with van der Waals surface area (Å²) in [5.41, 5.74) is 5.97. The Kier molecular flexibility index (Phi) is 4.46. The van der Waals surface area contributed by atoms with Crippen molar-refractivity contribution in [3.63, 3.8) is 0 Å². The van der Waals surface area contributed by atoms with E-state index in [1.807, 2.05) is 0 Å². The third-order valence-electron chi connectivity index (χ3n) is 5.28. The number of carbonyl (C=O) groups excluding carboxylic acids is 3. The van der Waals surface area contributed by atoms with Gasteiger partial charge >= 0.3 is 0 Å². The summed E-state index contributed by atoms with van der Waals surface area (Å²) in [6.45, 7) is 0. The molecule has 8 nitrogen and oxygen atoms in total. The highest BCUT2D eigenvalue weighted by atomic mass is 16.2. The predicted molar refractivity (Wildman–Crippen MR) is 103 cm³/mol. The smallest absolute Gasteiger partial charge is 0.262 e. The maximum atomic E-state index is 12.9. The van der Waals surface area contributed by atoms with Crippen LogP contribution in [0.25, 0.3) is 5.69 Å². The zero-order valence-electron chi connectivity index (χ0n) is 15.2. The normalized spacial score (nSPS) is 16.6. The number of hydrogen-bond donors (Lipinski definition) is 3. The number of imide groups is 1. The second-order valence-corrected chi connectivity index (χ2v) is 7.10. The van der Waals surface area contributed by atoms with Crippen LogP contribution in [0.2, 0.25) is 0 Å². The van der Waals surface area contributed by atoms with E-state index in [4.69, 9.17) is 5.73 Å². The molecule has 28 heavy (non-hydrogen) atoms. The Bertz CT molecular complexity index is 1050. The standard InChI is InChI=1S/C20H20N4O4/c21-17-16-13(19(27)23-20(16)28)10-15(25)24(17)14-9-5-4-8-12(14)18(26)22-11-6-2-1-3-7-11/h4-5,8-11H,1-3,6-7,21H2,(H,22,26)(H,23,27,28). The first kappa shape index (κ1) is 18.0. The van der Waals surface area contributed by atoms with Gasteiger partial charge in [-0.1, -0.05) is 31.4 Å². The lowest BCUT2D eigenvalue weighted by atomic mass is 9.95. The largest absolute Gasteiger partial charge is 0.384 e. The Morgan fingerprint density at radius 2 is 1.79 bits per heavy atom. The third-order valence-corrected chi connectivity index (χ3v) is 5.28. The summed E-state index contributed by atoms with van der Waals surface area (Å²) in [5.74, 6) is -1.77. The second-order valence-electron chi connectivity index (χ2n) is 7.10. The van der Waals surface area contributed by atoms with Gasteiger partial charge in [0.15, 0.2) is 0 Å². The van der Waals surface area contributed by atoms with Crippen LogP contribution in [-0.4, -0.2) is 28.3 Å². The number of nitrogen functional groups attached to an aromatic ring is 1. The van der Waals surface area contributed by atoms with Crippen molar-refractivity contribution >= 4 is 23.5 Å². The fourth-order valence-corrected chi connectivity index (χ4v) is 3.90. The molecule has 1 aromatic heterocycles. The number of anilines is 1. The Balaban J connectivity index is 1.78.